The topological polar surface area (TPSA) is 173 Å². The van der Waals surface area contributed by atoms with E-state index in [0.29, 0.717) is 22.7 Å². The highest BCUT2D eigenvalue weighted by molar-refractivity contribution is 7.92. The largest absolute Gasteiger partial charge is 0.378 e. The monoisotopic (exact) mass is 828 g/mol. The van der Waals surface area contributed by atoms with E-state index in [0.717, 1.165) is 23.1 Å². The molecule has 300 valence electrons. The van der Waals surface area contributed by atoms with Crippen LogP contribution in [0.5, 0.6) is 0 Å². The first-order chi connectivity index (χ1) is 26.5. The van der Waals surface area contributed by atoms with Crippen LogP contribution in [0.25, 0.3) is 22.0 Å². The van der Waals surface area contributed by atoms with E-state index in [2.05, 4.69) is 37.4 Å². The Hall–Kier alpha value is -5.51. The lowest BCUT2D eigenvalue weighted by Gasteiger charge is -2.23. The molecule has 4 N–H and O–H groups in total. The molecule has 5 aromatic rings. The van der Waals surface area contributed by atoms with Crippen molar-refractivity contribution < 1.29 is 40.7 Å². The van der Waals surface area contributed by atoms with Crippen LogP contribution in [-0.4, -0.2) is 61.7 Å². The van der Waals surface area contributed by atoms with Gasteiger partial charge >= 0.3 is 0 Å². The molecule has 6 rings (SSSR count). The predicted octanol–water partition coefficient (Wildman–Crippen LogP) is 5.60. The number of anilines is 2. The van der Waals surface area contributed by atoms with Crippen LogP contribution in [0.1, 0.15) is 61.9 Å². The van der Waals surface area contributed by atoms with Crippen molar-refractivity contribution in [1.29, 1.82) is 0 Å². The molecule has 57 heavy (non-hydrogen) atoms. The van der Waals surface area contributed by atoms with Crippen molar-refractivity contribution >= 4 is 56.0 Å². The lowest BCUT2D eigenvalue weighted by Crippen LogP contribution is -2.35. The van der Waals surface area contributed by atoms with Crippen molar-refractivity contribution in [2.45, 2.75) is 64.6 Å². The minimum atomic E-state index is -3.81. The molecular weight excluding hydrogens is 792 g/mol. The van der Waals surface area contributed by atoms with Gasteiger partial charge in [-0.05, 0) is 68.5 Å². The number of sulfonamides is 1. The highest BCUT2D eigenvalue weighted by atomic mass is 35.5. The van der Waals surface area contributed by atoms with E-state index in [9.17, 15) is 31.9 Å². The Labute approximate surface area is 329 Å². The minimum absolute atomic E-state index is 0.0689. The molecule has 3 aromatic heterocycles. The Morgan fingerprint density at radius 2 is 1.75 bits per heavy atom. The molecule has 0 bridgehead atoms. The van der Waals surface area contributed by atoms with Crippen molar-refractivity contribution in [3.8, 4) is 23.0 Å². The summed E-state index contributed by atoms with van der Waals surface area (Å²) < 4.78 is 89.3. The van der Waals surface area contributed by atoms with E-state index in [4.69, 9.17) is 16.6 Å². The molecule has 1 aliphatic rings. The van der Waals surface area contributed by atoms with E-state index in [1.807, 2.05) is 0 Å². The van der Waals surface area contributed by atoms with Crippen LogP contribution >= 0.6 is 11.6 Å². The zero-order valence-corrected chi connectivity index (χ0v) is 33.0. The number of alkyl halides is 2. The van der Waals surface area contributed by atoms with E-state index < -0.39 is 69.2 Å². The number of aryl methyl sites for hydroxylation is 1. The third kappa shape index (κ3) is 8.90. The number of amides is 2. The van der Waals surface area contributed by atoms with E-state index in [-0.39, 0.29) is 57.4 Å². The molecular formula is C38H37ClF4N8O5S. The Balaban J connectivity index is 1.53. The molecule has 2 atom stereocenters. The second-order valence-corrected chi connectivity index (χ2v) is 16.6. The maximum absolute atomic E-state index is 15.5. The van der Waals surface area contributed by atoms with Crippen LogP contribution in [0.2, 0.25) is 5.02 Å². The molecule has 0 saturated heterocycles. The van der Waals surface area contributed by atoms with Gasteiger partial charge in [-0.1, -0.05) is 30.5 Å². The Morgan fingerprint density at radius 1 is 1.09 bits per heavy atom. The van der Waals surface area contributed by atoms with Gasteiger partial charge in [0, 0.05) is 42.6 Å². The summed E-state index contributed by atoms with van der Waals surface area (Å²) in [7, 11) is -2.26. The number of hydrogen-bond acceptors (Lipinski definition) is 8. The van der Waals surface area contributed by atoms with Crippen molar-refractivity contribution in [3.05, 3.63) is 87.3 Å². The third-order valence-corrected chi connectivity index (χ3v) is 9.92. The summed E-state index contributed by atoms with van der Waals surface area (Å²) in [6.45, 7) is 4.70. The minimum Gasteiger partial charge on any atom is -0.378 e. The van der Waals surface area contributed by atoms with Gasteiger partial charge in [-0.2, -0.15) is 19.0 Å². The van der Waals surface area contributed by atoms with Gasteiger partial charge in [0.15, 0.2) is 11.6 Å². The number of benzene rings is 2. The van der Waals surface area contributed by atoms with Gasteiger partial charge in [0.25, 0.3) is 5.92 Å². The van der Waals surface area contributed by atoms with Gasteiger partial charge in [0.05, 0.1) is 33.9 Å². The van der Waals surface area contributed by atoms with Crippen LogP contribution in [0.15, 0.2) is 42.5 Å². The van der Waals surface area contributed by atoms with E-state index in [1.54, 1.807) is 19.2 Å². The van der Waals surface area contributed by atoms with Crippen LogP contribution in [-0.2, 0) is 52.0 Å². The molecule has 1 aliphatic carbocycles. The average Bonchev–Trinajstić information content (AvgIpc) is 3.66. The van der Waals surface area contributed by atoms with Crippen LogP contribution in [0.3, 0.4) is 0 Å². The third-order valence-electron chi connectivity index (χ3n) is 9.04. The maximum Gasteiger partial charge on any atom is 0.292 e. The number of carbonyl (C=O) groups is 2. The number of nitrogens with zero attached hydrogens (tertiary/aromatic N) is 5. The van der Waals surface area contributed by atoms with Crippen LogP contribution < -0.4 is 15.4 Å². The van der Waals surface area contributed by atoms with Gasteiger partial charge < -0.3 is 15.7 Å². The number of fused-ring (bicyclic) bond motifs is 2. The number of carbonyl (C=O) groups excluding carboxylic acids is 2. The second kappa shape index (κ2) is 15.1. The van der Waals surface area contributed by atoms with Crippen molar-refractivity contribution in [2.24, 2.45) is 13.0 Å². The lowest BCUT2D eigenvalue weighted by atomic mass is 9.93. The Bertz CT molecular complexity index is 2610. The first kappa shape index (κ1) is 41.1. The molecule has 2 aromatic carbocycles. The number of hydrogen-bond donors (Lipinski definition) is 4. The summed E-state index contributed by atoms with van der Waals surface area (Å²) in [5.41, 5.74) is -0.539. The first-order valence-electron chi connectivity index (χ1n) is 17.4. The molecule has 2 amide bonds. The summed E-state index contributed by atoms with van der Waals surface area (Å²) in [6.07, 6.45) is 0.556. The molecule has 19 heteroatoms. The molecule has 0 fully saturated rings. The summed E-state index contributed by atoms with van der Waals surface area (Å²) in [4.78, 5) is 30.7. The molecule has 13 nitrogen and oxygen atoms in total. The Morgan fingerprint density at radius 3 is 2.39 bits per heavy atom. The first-order valence-corrected chi connectivity index (χ1v) is 19.7. The zero-order chi connectivity index (χ0) is 41.8. The summed E-state index contributed by atoms with van der Waals surface area (Å²) in [5, 5.41) is 24.4. The highest BCUT2D eigenvalue weighted by Crippen LogP contribution is 2.48. The molecule has 0 spiro atoms. The number of halogens is 5. The second-order valence-electron chi connectivity index (χ2n) is 14.4. The fourth-order valence-electron chi connectivity index (χ4n) is 6.77. The molecule has 0 aliphatic heterocycles. The summed E-state index contributed by atoms with van der Waals surface area (Å²) >= 11 is 6.60. The van der Waals surface area contributed by atoms with Crippen LogP contribution in [0.4, 0.5) is 29.2 Å². The van der Waals surface area contributed by atoms with Gasteiger partial charge in [-0.3, -0.25) is 23.7 Å². The van der Waals surface area contributed by atoms with Gasteiger partial charge in [-0.25, -0.2) is 22.2 Å². The van der Waals surface area contributed by atoms with Crippen molar-refractivity contribution in [3.63, 3.8) is 0 Å². The lowest BCUT2D eigenvalue weighted by molar-refractivity contribution is -0.123. The summed E-state index contributed by atoms with van der Waals surface area (Å²) in [5.74, 6) is -2.46. The number of aliphatic hydroxyl groups is 1. The number of pyridine rings is 1. The number of aromatic nitrogens is 5. The van der Waals surface area contributed by atoms with E-state index in [1.165, 1.54) is 44.5 Å². The quantitative estimate of drug-likeness (QED) is 0.104. The fraction of sp³-hybridized carbons (Fsp3) is 0.342. The maximum atomic E-state index is 15.5. The van der Waals surface area contributed by atoms with Gasteiger partial charge in [0.1, 0.15) is 35.2 Å². The number of nitrogens with one attached hydrogen (secondary N) is 3. The van der Waals surface area contributed by atoms with Gasteiger partial charge in [0.2, 0.25) is 21.8 Å². The standard InChI is InChI=1S/C38H37ClF4N8O5S/c1-19-13-27-34(38(19,42)43)51(48-35(27)44-20(2)52)18-30(53)46-29(16-21-14-22(40)17-23(41)15-21)32-25(8-7-24(45-32)11-12-37(3,4)54)26-9-10-28(39)31-33(26)50(5)47-36(31)49-57(6,55)56/h7-10,14-15,17,19,29,54H,13,16,18H2,1-6H3,(H,46,53)(H,47,49)(H,44,48,52)/t19-,29+/m1/s1. The molecule has 0 radical (unpaired) electrons. The molecule has 0 unspecified atom stereocenters. The fourth-order valence-corrected chi connectivity index (χ4v) is 7.50. The Kier molecular flexibility index (Phi) is 10.9. The van der Waals surface area contributed by atoms with Crippen LogP contribution in [0, 0.1) is 29.4 Å². The highest BCUT2D eigenvalue weighted by Gasteiger charge is 2.51. The zero-order valence-electron chi connectivity index (χ0n) is 31.4. The normalized spacial score (nSPS) is 15.5. The molecule has 0 saturated carbocycles. The smallest absolute Gasteiger partial charge is 0.292 e. The summed E-state index contributed by atoms with van der Waals surface area (Å²) in [6, 6.07) is 7.80. The average molecular weight is 829 g/mol. The van der Waals surface area contributed by atoms with Crippen molar-refractivity contribution in [1.82, 2.24) is 29.9 Å². The van der Waals surface area contributed by atoms with Crippen molar-refractivity contribution in [2.75, 3.05) is 16.3 Å². The number of rotatable bonds is 10. The van der Waals surface area contributed by atoms with E-state index >= 15 is 8.78 Å². The SMILES string of the molecule is CC(=O)Nc1nn(CC(=O)N[C@@H](Cc2cc(F)cc(F)c2)c2nc(C#CC(C)(C)O)ccc2-c2ccc(Cl)c3c(NS(C)(=O)=O)nn(C)c23)c2c1C[C@@H](C)C2(F)F. The molecule has 3 heterocycles. The van der Waals surface area contributed by atoms with Gasteiger partial charge in [-0.15, -0.1) is 0 Å². The predicted molar refractivity (Wildman–Crippen MR) is 205 cm³/mol.